The zero-order chi connectivity index (χ0) is 21.8. The molecule has 2 heterocycles. The zero-order valence-corrected chi connectivity index (χ0v) is 18.1. The number of hydrogen-bond donors (Lipinski definition) is 3. The Morgan fingerprint density at radius 1 is 1.16 bits per heavy atom. The summed E-state index contributed by atoms with van der Waals surface area (Å²) in [5.41, 5.74) is 3.51. The molecule has 0 unspecified atom stereocenters. The third kappa shape index (κ3) is 4.94. The predicted molar refractivity (Wildman–Crippen MR) is 122 cm³/mol. The van der Waals surface area contributed by atoms with Gasteiger partial charge in [0.15, 0.2) is 5.69 Å². The summed E-state index contributed by atoms with van der Waals surface area (Å²) in [4.78, 5) is 19.0. The van der Waals surface area contributed by atoms with Gasteiger partial charge in [-0.15, -0.1) is 10.2 Å². The molecule has 31 heavy (non-hydrogen) atoms. The highest BCUT2D eigenvalue weighted by Gasteiger charge is 2.21. The number of H-pyrrole nitrogens is 1. The summed E-state index contributed by atoms with van der Waals surface area (Å²) in [5, 5.41) is 18.9. The lowest BCUT2D eigenvalue weighted by Crippen LogP contribution is -3.15. The highest BCUT2D eigenvalue weighted by atomic mass is 16.3. The molecule has 0 saturated carbocycles. The smallest absolute Gasteiger partial charge is 0.270 e. The standard InChI is InChI=1S/C24H29N5O2/c1-17(2)18-8-9-21-20(16-18)23(24(31)25-21)27-26-22(30)10-11-28-12-14-29(15-13-28)19-6-4-3-5-7-19/h3-9,16-17,25,31H,10-15H2,1-2H3/p+1. The molecule has 1 aliphatic rings. The molecule has 3 aromatic rings. The van der Waals surface area contributed by atoms with E-state index < -0.39 is 0 Å². The van der Waals surface area contributed by atoms with Gasteiger partial charge in [0.05, 0.1) is 44.7 Å². The van der Waals surface area contributed by atoms with E-state index in [1.54, 1.807) is 0 Å². The van der Waals surface area contributed by atoms with Gasteiger partial charge in [0.25, 0.3) is 5.91 Å². The number of amides is 1. The van der Waals surface area contributed by atoms with Crippen LogP contribution < -0.4 is 9.80 Å². The van der Waals surface area contributed by atoms with E-state index in [-0.39, 0.29) is 11.8 Å². The van der Waals surface area contributed by atoms with Crippen LogP contribution in [0.15, 0.2) is 58.8 Å². The number of benzene rings is 2. The largest absolute Gasteiger partial charge is 0.493 e. The number of piperazine rings is 1. The van der Waals surface area contributed by atoms with Crippen LogP contribution >= 0.6 is 0 Å². The van der Waals surface area contributed by atoms with Crippen molar-refractivity contribution in [1.82, 2.24) is 4.98 Å². The first-order chi connectivity index (χ1) is 15.0. The minimum Gasteiger partial charge on any atom is -0.493 e. The number of nitrogens with one attached hydrogen (secondary N) is 2. The molecule has 0 radical (unpaired) electrons. The van der Waals surface area contributed by atoms with Gasteiger partial charge in [0.1, 0.15) is 0 Å². The van der Waals surface area contributed by atoms with Crippen molar-refractivity contribution in [2.24, 2.45) is 10.2 Å². The summed E-state index contributed by atoms with van der Waals surface area (Å²) >= 11 is 0. The molecule has 1 aromatic heterocycles. The molecule has 7 nitrogen and oxygen atoms in total. The third-order valence-electron chi connectivity index (χ3n) is 5.99. The van der Waals surface area contributed by atoms with Crippen LogP contribution in [0.25, 0.3) is 10.9 Å². The van der Waals surface area contributed by atoms with Crippen molar-refractivity contribution < 1.29 is 14.8 Å². The highest BCUT2D eigenvalue weighted by Crippen LogP contribution is 2.37. The second-order valence-electron chi connectivity index (χ2n) is 8.45. The SMILES string of the molecule is CC(C)c1ccc2[nH]c(O)c(N=NC(=O)CC[NH+]3CCN(c4ccccc4)CC3)c2c1. The van der Waals surface area contributed by atoms with Gasteiger partial charge in [0, 0.05) is 11.1 Å². The molecule has 0 spiro atoms. The number of aromatic nitrogens is 1. The normalized spacial score (nSPS) is 15.4. The topological polar surface area (TPSA) is 85.5 Å². The lowest BCUT2D eigenvalue weighted by atomic mass is 10.0. The minimum absolute atomic E-state index is 0.0601. The predicted octanol–water partition coefficient (Wildman–Crippen LogP) is 3.40. The number of azo groups is 1. The Kier molecular flexibility index (Phi) is 6.32. The molecular weight excluding hydrogens is 390 g/mol. The summed E-state index contributed by atoms with van der Waals surface area (Å²) in [6.07, 6.45) is 0.352. The number of aromatic amines is 1. The number of carbonyl (C=O) groups is 1. The van der Waals surface area contributed by atoms with Crippen LogP contribution in [-0.4, -0.2) is 48.7 Å². The molecule has 0 bridgehead atoms. The number of carbonyl (C=O) groups excluding carboxylic acids is 1. The van der Waals surface area contributed by atoms with E-state index in [1.165, 1.54) is 10.6 Å². The molecule has 162 valence electrons. The van der Waals surface area contributed by atoms with Gasteiger partial charge in [-0.2, -0.15) is 0 Å². The molecule has 1 saturated heterocycles. The Labute approximate surface area is 182 Å². The van der Waals surface area contributed by atoms with Gasteiger partial charge in [-0.3, -0.25) is 4.79 Å². The Bertz CT molecular complexity index is 1070. The Morgan fingerprint density at radius 2 is 1.90 bits per heavy atom. The van der Waals surface area contributed by atoms with Crippen molar-refractivity contribution in [1.29, 1.82) is 0 Å². The molecule has 1 amide bonds. The van der Waals surface area contributed by atoms with Crippen molar-refractivity contribution in [3.8, 4) is 5.88 Å². The maximum atomic E-state index is 12.3. The molecule has 7 heteroatoms. The molecule has 1 aliphatic heterocycles. The van der Waals surface area contributed by atoms with E-state index >= 15 is 0 Å². The summed E-state index contributed by atoms with van der Waals surface area (Å²) in [6.45, 7) is 8.94. The fraction of sp³-hybridized carbons (Fsp3) is 0.375. The lowest BCUT2D eigenvalue weighted by Gasteiger charge is -2.33. The first kappa shape index (κ1) is 21.1. The Hall–Kier alpha value is -3.19. The number of para-hydroxylation sites is 1. The van der Waals surface area contributed by atoms with Crippen molar-refractivity contribution in [2.45, 2.75) is 26.2 Å². The maximum Gasteiger partial charge on any atom is 0.270 e. The quantitative estimate of drug-likeness (QED) is 0.534. The van der Waals surface area contributed by atoms with Gasteiger partial charge < -0.3 is 19.9 Å². The van der Waals surface area contributed by atoms with Crippen LogP contribution in [0.5, 0.6) is 5.88 Å². The number of rotatable bonds is 6. The molecule has 0 atom stereocenters. The van der Waals surface area contributed by atoms with Crippen LogP contribution in [0, 0.1) is 0 Å². The Morgan fingerprint density at radius 3 is 2.61 bits per heavy atom. The van der Waals surface area contributed by atoms with Gasteiger partial charge in [-0.05, 0) is 35.7 Å². The first-order valence-corrected chi connectivity index (χ1v) is 10.9. The van der Waals surface area contributed by atoms with E-state index in [2.05, 4.69) is 58.2 Å². The number of aromatic hydroxyl groups is 1. The first-order valence-electron chi connectivity index (χ1n) is 10.9. The fourth-order valence-corrected chi connectivity index (χ4v) is 4.05. The average Bonchev–Trinajstić information content (AvgIpc) is 3.11. The van der Waals surface area contributed by atoms with E-state index in [0.717, 1.165) is 49.2 Å². The second kappa shape index (κ2) is 9.31. The molecule has 1 fully saturated rings. The van der Waals surface area contributed by atoms with Crippen LogP contribution in [0.1, 0.15) is 31.7 Å². The van der Waals surface area contributed by atoms with Gasteiger partial charge in [0.2, 0.25) is 5.88 Å². The van der Waals surface area contributed by atoms with Gasteiger partial charge >= 0.3 is 0 Å². The summed E-state index contributed by atoms with van der Waals surface area (Å²) in [7, 11) is 0. The van der Waals surface area contributed by atoms with Gasteiger partial charge in [-0.1, -0.05) is 38.1 Å². The molecule has 3 N–H and O–H groups in total. The number of fused-ring (bicyclic) bond motifs is 1. The Balaban J connectivity index is 1.32. The number of hydrogen-bond acceptors (Lipinski definition) is 4. The minimum atomic E-state index is -0.258. The lowest BCUT2D eigenvalue weighted by molar-refractivity contribution is -0.900. The van der Waals surface area contributed by atoms with Crippen LogP contribution in [0.3, 0.4) is 0 Å². The zero-order valence-electron chi connectivity index (χ0n) is 18.1. The van der Waals surface area contributed by atoms with Crippen molar-refractivity contribution >= 4 is 28.2 Å². The van der Waals surface area contributed by atoms with Crippen LogP contribution in [0.4, 0.5) is 11.4 Å². The summed E-state index contributed by atoms with van der Waals surface area (Å²) < 4.78 is 0. The molecule has 0 aliphatic carbocycles. The van der Waals surface area contributed by atoms with E-state index in [1.807, 2.05) is 24.3 Å². The van der Waals surface area contributed by atoms with E-state index in [0.29, 0.717) is 18.0 Å². The summed E-state index contributed by atoms with van der Waals surface area (Å²) in [5.74, 6) is 0.0417. The van der Waals surface area contributed by atoms with E-state index in [9.17, 15) is 9.90 Å². The molecular formula is C24H30N5O2+. The van der Waals surface area contributed by atoms with Crippen LogP contribution in [-0.2, 0) is 4.79 Å². The van der Waals surface area contributed by atoms with Crippen molar-refractivity contribution in [3.63, 3.8) is 0 Å². The number of anilines is 1. The molecule has 4 rings (SSSR count). The van der Waals surface area contributed by atoms with Gasteiger partial charge in [-0.25, -0.2) is 0 Å². The summed E-state index contributed by atoms with van der Waals surface area (Å²) in [6, 6.07) is 16.4. The van der Waals surface area contributed by atoms with Crippen molar-refractivity contribution in [3.05, 3.63) is 54.1 Å². The van der Waals surface area contributed by atoms with Crippen molar-refractivity contribution in [2.75, 3.05) is 37.6 Å². The second-order valence-corrected chi connectivity index (χ2v) is 8.45. The highest BCUT2D eigenvalue weighted by molar-refractivity contribution is 5.95. The number of quaternary nitrogens is 1. The van der Waals surface area contributed by atoms with E-state index in [4.69, 9.17) is 0 Å². The van der Waals surface area contributed by atoms with Crippen LogP contribution in [0.2, 0.25) is 0 Å². The maximum absolute atomic E-state index is 12.3. The third-order valence-corrected chi connectivity index (χ3v) is 5.99. The molecule has 2 aromatic carbocycles. The number of nitrogens with zero attached hydrogens (tertiary/aromatic N) is 3. The fourth-order valence-electron chi connectivity index (χ4n) is 4.05. The monoisotopic (exact) mass is 420 g/mol. The average molecular weight is 421 g/mol.